The van der Waals surface area contributed by atoms with E-state index in [1.165, 1.54) is 6.33 Å². The molecule has 1 aliphatic rings. The van der Waals surface area contributed by atoms with Crippen LogP contribution >= 0.6 is 11.6 Å². The van der Waals surface area contributed by atoms with E-state index in [1.807, 2.05) is 19.9 Å². The molecule has 0 atom stereocenters. The number of halogens is 1. The van der Waals surface area contributed by atoms with Gasteiger partial charge in [0, 0.05) is 30.2 Å². The SMILES string of the molecule is CC1=CC(C)=C(CCC(=O)c2ccc(Oc3cccc(-c4ccncn4)c3C#N)c(Cl)c2)C(=O)C1. The smallest absolute Gasteiger partial charge is 0.163 e. The van der Waals surface area contributed by atoms with Crippen LogP contribution in [0.25, 0.3) is 11.3 Å². The lowest BCUT2D eigenvalue weighted by molar-refractivity contribution is -0.115. The van der Waals surface area contributed by atoms with Gasteiger partial charge in [-0.3, -0.25) is 9.59 Å². The van der Waals surface area contributed by atoms with Gasteiger partial charge in [0.2, 0.25) is 0 Å². The third-order valence-electron chi connectivity index (χ3n) is 5.79. The van der Waals surface area contributed by atoms with Gasteiger partial charge in [-0.05, 0) is 61.7 Å². The highest BCUT2D eigenvalue weighted by Gasteiger charge is 2.20. The predicted octanol–water partition coefficient (Wildman–Crippen LogP) is 6.66. The molecule has 1 aromatic heterocycles. The highest BCUT2D eigenvalue weighted by atomic mass is 35.5. The van der Waals surface area contributed by atoms with Crippen LogP contribution in [0.15, 0.2) is 77.8 Å². The monoisotopic (exact) mass is 483 g/mol. The molecule has 0 spiro atoms. The van der Waals surface area contributed by atoms with Crippen LogP contribution in [0.2, 0.25) is 5.02 Å². The maximum atomic E-state index is 12.8. The maximum absolute atomic E-state index is 12.8. The van der Waals surface area contributed by atoms with Crippen molar-refractivity contribution in [2.45, 2.75) is 33.1 Å². The minimum absolute atomic E-state index is 0.0783. The van der Waals surface area contributed by atoms with Gasteiger partial charge in [0.25, 0.3) is 0 Å². The van der Waals surface area contributed by atoms with E-state index in [1.54, 1.807) is 48.7 Å². The molecule has 4 rings (SSSR count). The average molecular weight is 484 g/mol. The minimum Gasteiger partial charge on any atom is -0.454 e. The van der Waals surface area contributed by atoms with Gasteiger partial charge in [-0.2, -0.15) is 5.26 Å². The van der Waals surface area contributed by atoms with Crippen molar-refractivity contribution in [2.24, 2.45) is 0 Å². The Morgan fingerprint density at radius 3 is 2.69 bits per heavy atom. The van der Waals surface area contributed by atoms with Crippen LogP contribution < -0.4 is 4.74 Å². The Bertz CT molecular complexity index is 1420. The normalized spacial score (nSPS) is 13.3. The molecule has 174 valence electrons. The summed E-state index contributed by atoms with van der Waals surface area (Å²) in [6.45, 7) is 3.83. The number of nitriles is 1. The van der Waals surface area contributed by atoms with Crippen LogP contribution in [0, 0.1) is 11.3 Å². The molecule has 0 radical (unpaired) electrons. The molecule has 0 N–H and O–H groups in total. The highest BCUT2D eigenvalue weighted by Crippen LogP contribution is 2.35. The third kappa shape index (κ3) is 5.37. The number of carbonyl (C=O) groups is 2. The Morgan fingerprint density at radius 2 is 2.00 bits per heavy atom. The second-order valence-electron chi connectivity index (χ2n) is 8.31. The molecule has 0 amide bonds. The number of Topliss-reactive ketones (excluding diaryl/α,β-unsaturated/α-hetero) is 2. The molecule has 7 heteroatoms. The summed E-state index contributed by atoms with van der Waals surface area (Å²) in [6, 6.07) is 13.9. The maximum Gasteiger partial charge on any atom is 0.163 e. The lowest BCUT2D eigenvalue weighted by atomic mass is 9.89. The fraction of sp³-hybridized carbons (Fsp3) is 0.179. The van der Waals surface area contributed by atoms with E-state index in [4.69, 9.17) is 16.3 Å². The highest BCUT2D eigenvalue weighted by molar-refractivity contribution is 6.32. The Labute approximate surface area is 208 Å². The fourth-order valence-corrected chi connectivity index (χ4v) is 4.30. The fourth-order valence-electron chi connectivity index (χ4n) is 4.08. The van der Waals surface area contributed by atoms with Gasteiger partial charge < -0.3 is 4.74 Å². The van der Waals surface area contributed by atoms with Gasteiger partial charge in [0.05, 0.1) is 10.7 Å². The topological polar surface area (TPSA) is 92.9 Å². The van der Waals surface area contributed by atoms with E-state index < -0.39 is 0 Å². The van der Waals surface area contributed by atoms with Crippen LogP contribution in [0.4, 0.5) is 0 Å². The lowest BCUT2D eigenvalue weighted by Gasteiger charge is -2.15. The molecule has 35 heavy (non-hydrogen) atoms. The molecule has 1 aliphatic carbocycles. The largest absolute Gasteiger partial charge is 0.454 e. The molecule has 0 aliphatic heterocycles. The number of nitrogens with zero attached hydrogens (tertiary/aromatic N) is 3. The first-order valence-corrected chi connectivity index (χ1v) is 11.5. The first-order valence-electron chi connectivity index (χ1n) is 11.1. The zero-order valence-corrected chi connectivity index (χ0v) is 20.1. The number of ketones is 2. The molecule has 2 aromatic carbocycles. The van der Waals surface area contributed by atoms with Crippen LogP contribution in [0.1, 0.15) is 49.0 Å². The van der Waals surface area contributed by atoms with Crippen LogP contribution in [0.5, 0.6) is 11.5 Å². The summed E-state index contributed by atoms with van der Waals surface area (Å²) < 4.78 is 5.95. The average Bonchev–Trinajstić information content (AvgIpc) is 2.84. The second kappa shape index (κ2) is 10.5. The Kier molecular flexibility index (Phi) is 7.19. The predicted molar refractivity (Wildman–Crippen MR) is 133 cm³/mol. The number of hydrogen-bond donors (Lipinski definition) is 0. The standard InChI is InChI=1S/C28H22ClN3O3/c1-17-12-18(2)20(26(34)13-17)7-8-25(33)19-6-9-28(23(29)14-19)35-27-5-3-4-21(22(27)15-30)24-10-11-31-16-32-24/h3-6,9-12,14,16H,7-8,13H2,1-2H3. The number of aromatic nitrogens is 2. The molecule has 3 aromatic rings. The summed E-state index contributed by atoms with van der Waals surface area (Å²) in [5.41, 5.74) is 4.63. The van der Waals surface area contributed by atoms with Gasteiger partial charge in [0.1, 0.15) is 29.5 Å². The summed E-state index contributed by atoms with van der Waals surface area (Å²) in [5.74, 6) is 0.614. The van der Waals surface area contributed by atoms with Gasteiger partial charge in [-0.25, -0.2) is 9.97 Å². The van der Waals surface area contributed by atoms with Crippen molar-refractivity contribution < 1.29 is 14.3 Å². The van der Waals surface area contributed by atoms with Gasteiger partial charge in [-0.15, -0.1) is 0 Å². The Hall–Kier alpha value is -4.08. The molecular weight excluding hydrogens is 462 g/mol. The van der Waals surface area contributed by atoms with Crippen molar-refractivity contribution in [1.29, 1.82) is 5.26 Å². The van der Waals surface area contributed by atoms with E-state index >= 15 is 0 Å². The van der Waals surface area contributed by atoms with Crippen molar-refractivity contribution >= 4 is 23.2 Å². The zero-order chi connectivity index (χ0) is 24.9. The van der Waals surface area contributed by atoms with E-state index in [-0.39, 0.29) is 23.0 Å². The number of benzene rings is 2. The Morgan fingerprint density at radius 1 is 1.17 bits per heavy atom. The third-order valence-corrected chi connectivity index (χ3v) is 6.08. The lowest BCUT2D eigenvalue weighted by Crippen LogP contribution is -2.11. The first kappa shape index (κ1) is 24.1. The number of carbonyl (C=O) groups excluding carboxylic acids is 2. The van der Waals surface area contributed by atoms with Gasteiger partial charge in [0.15, 0.2) is 11.6 Å². The van der Waals surface area contributed by atoms with E-state index in [0.717, 1.165) is 11.1 Å². The van der Waals surface area contributed by atoms with Crippen molar-refractivity contribution in [1.82, 2.24) is 9.97 Å². The molecule has 0 bridgehead atoms. The Balaban J connectivity index is 1.52. The second-order valence-corrected chi connectivity index (χ2v) is 8.71. The summed E-state index contributed by atoms with van der Waals surface area (Å²) >= 11 is 6.43. The number of rotatable bonds is 7. The molecule has 0 saturated carbocycles. The zero-order valence-electron chi connectivity index (χ0n) is 19.3. The minimum atomic E-state index is -0.110. The van der Waals surface area contributed by atoms with Gasteiger partial charge >= 0.3 is 0 Å². The van der Waals surface area contributed by atoms with Crippen LogP contribution in [-0.4, -0.2) is 21.5 Å². The molecule has 1 heterocycles. The van der Waals surface area contributed by atoms with Crippen molar-refractivity contribution in [3.63, 3.8) is 0 Å². The van der Waals surface area contributed by atoms with Crippen LogP contribution in [-0.2, 0) is 4.79 Å². The molecule has 6 nitrogen and oxygen atoms in total. The van der Waals surface area contributed by atoms with E-state index in [0.29, 0.717) is 52.3 Å². The van der Waals surface area contributed by atoms with Gasteiger partial charge in [-0.1, -0.05) is 35.4 Å². The first-order chi connectivity index (χ1) is 16.9. The summed E-state index contributed by atoms with van der Waals surface area (Å²) in [5, 5.41) is 10.0. The summed E-state index contributed by atoms with van der Waals surface area (Å²) in [7, 11) is 0. The van der Waals surface area contributed by atoms with Crippen molar-refractivity contribution in [2.75, 3.05) is 0 Å². The molecule has 0 unspecified atom stereocenters. The quantitative estimate of drug-likeness (QED) is 0.349. The summed E-state index contributed by atoms with van der Waals surface area (Å²) in [4.78, 5) is 33.2. The van der Waals surface area contributed by atoms with Crippen molar-refractivity contribution in [3.8, 4) is 28.8 Å². The molecular formula is C28H22ClN3O3. The van der Waals surface area contributed by atoms with Crippen molar-refractivity contribution in [3.05, 3.63) is 93.9 Å². The number of allylic oxidation sites excluding steroid dienone is 4. The molecule has 0 fully saturated rings. The molecule has 0 saturated heterocycles. The summed E-state index contributed by atoms with van der Waals surface area (Å²) in [6.07, 6.45) is 6.02. The van der Waals surface area contributed by atoms with E-state index in [9.17, 15) is 14.9 Å². The number of ether oxygens (including phenoxy) is 1. The van der Waals surface area contributed by atoms with Crippen LogP contribution in [0.3, 0.4) is 0 Å². The van der Waals surface area contributed by atoms with E-state index in [2.05, 4.69) is 16.0 Å². The number of hydrogen-bond acceptors (Lipinski definition) is 6.